The molecule has 1 saturated carbocycles. The lowest BCUT2D eigenvalue weighted by molar-refractivity contribution is -0.141. The van der Waals surface area contributed by atoms with E-state index in [1.165, 1.54) is 29.2 Å². The van der Waals surface area contributed by atoms with Crippen LogP contribution in [0, 0.1) is 0 Å². The number of likely N-dealkylation sites (tertiary alicyclic amines) is 1. The number of sulfonamides is 1. The maximum Gasteiger partial charge on any atom is 0.326 e. The molecule has 2 aliphatic rings. The Labute approximate surface area is 134 Å². The summed E-state index contributed by atoms with van der Waals surface area (Å²) in [6.45, 7) is 0.368. The Hall–Kier alpha value is -1.93. The van der Waals surface area contributed by atoms with E-state index < -0.39 is 27.9 Å². The van der Waals surface area contributed by atoms with Gasteiger partial charge >= 0.3 is 5.97 Å². The van der Waals surface area contributed by atoms with Crippen LogP contribution in [0.2, 0.25) is 0 Å². The normalized spacial score (nSPS) is 21.4. The topological polar surface area (TPSA) is 104 Å². The second-order valence-electron chi connectivity index (χ2n) is 5.92. The molecule has 0 bridgehead atoms. The predicted octanol–water partition coefficient (Wildman–Crippen LogP) is 0.816. The Morgan fingerprint density at radius 2 is 1.96 bits per heavy atom. The second kappa shape index (κ2) is 5.93. The van der Waals surface area contributed by atoms with Crippen molar-refractivity contribution in [3.05, 3.63) is 29.8 Å². The van der Waals surface area contributed by atoms with E-state index in [1.54, 1.807) is 0 Å². The largest absolute Gasteiger partial charge is 0.480 e. The van der Waals surface area contributed by atoms with Gasteiger partial charge in [-0.1, -0.05) is 6.07 Å². The average molecular weight is 338 g/mol. The summed E-state index contributed by atoms with van der Waals surface area (Å²) in [5.74, 6) is -1.48. The third-order valence-electron chi connectivity index (χ3n) is 4.09. The molecule has 1 amide bonds. The van der Waals surface area contributed by atoms with Crippen molar-refractivity contribution in [1.82, 2.24) is 9.62 Å². The molecule has 7 nitrogen and oxygen atoms in total. The van der Waals surface area contributed by atoms with Gasteiger partial charge in [0.25, 0.3) is 5.91 Å². The number of carbonyl (C=O) groups is 2. The molecule has 1 aliphatic carbocycles. The quantitative estimate of drug-likeness (QED) is 0.827. The lowest BCUT2D eigenvalue weighted by Gasteiger charge is -2.21. The fourth-order valence-electron chi connectivity index (χ4n) is 2.72. The van der Waals surface area contributed by atoms with Crippen molar-refractivity contribution in [2.24, 2.45) is 0 Å². The highest BCUT2D eigenvalue weighted by molar-refractivity contribution is 7.89. The first-order valence-corrected chi connectivity index (χ1v) is 9.03. The molecule has 1 aliphatic heterocycles. The lowest BCUT2D eigenvalue weighted by atomic mass is 10.1. The van der Waals surface area contributed by atoms with Gasteiger partial charge < -0.3 is 10.0 Å². The average Bonchev–Trinajstić information content (AvgIpc) is 3.17. The summed E-state index contributed by atoms with van der Waals surface area (Å²) in [5.41, 5.74) is 0.192. The summed E-state index contributed by atoms with van der Waals surface area (Å²) < 4.78 is 27.0. The molecule has 1 saturated heterocycles. The molecule has 1 aromatic carbocycles. The fourth-order valence-corrected chi connectivity index (χ4v) is 4.07. The van der Waals surface area contributed by atoms with Gasteiger partial charge in [-0.3, -0.25) is 4.79 Å². The van der Waals surface area contributed by atoms with Crippen LogP contribution >= 0.6 is 0 Å². The van der Waals surface area contributed by atoms with E-state index in [2.05, 4.69) is 4.72 Å². The van der Waals surface area contributed by atoms with Crippen molar-refractivity contribution >= 4 is 21.9 Å². The summed E-state index contributed by atoms with van der Waals surface area (Å²) in [6.07, 6.45) is 2.70. The minimum absolute atomic E-state index is 0.0191. The molecule has 8 heteroatoms. The van der Waals surface area contributed by atoms with Gasteiger partial charge in [0.1, 0.15) is 6.04 Å². The Balaban J connectivity index is 1.84. The Morgan fingerprint density at radius 3 is 2.61 bits per heavy atom. The Morgan fingerprint density at radius 1 is 1.22 bits per heavy atom. The van der Waals surface area contributed by atoms with Crippen LogP contribution in [0.15, 0.2) is 29.2 Å². The molecule has 3 rings (SSSR count). The van der Waals surface area contributed by atoms with E-state index in [0.29, 0.717) is 19.4 Å². The molecule has 2 fully saturated rings. The van der Waals surface area contributed by atoms with Crippen LogP contribution in [0.3, 0.4) is 0 Å². The van der Waals surface area contributed by atoms with Gasteiger partial charge in [0.15, 0.2) is 0 Å². The van der Waals surface area contributed by atoms with E-state index >= 15 is 0 Å². The van der Waals surface area contributed by atoms with Crippen LogP contribution in [-0.4, -0.2) is 48.9 Å². The van der Waals surface area contributed by atoms with Gasteiger partial charge in [0.2, 0.25) is 10.0 Å². The van der Waals surface area contributed by atoms with E-state index in [4.69, 9.17) is 5.11 Å². The van der Waals surface area contributed by atoms with E-state index in [0.717, 1.165) is 12.8 Å². The maximum absolute atomic E-state index is 12.5. The van der Waals surface area contributed by atoms with Crippen LogP contribution in [0.1, 0.15) is 36.0 Å². The van der Waals surface area contributed by atoms with Crippen molar-refractivity contribution in [2.45, 2.75) is 42.7 Å². The molecule has 1 atom stereocenters. The number of rotatable bonds is 5. The minimum atomic E-state index is -3.64. The maximum atomic E-state index is 12.5. The Bertz CT molecular complexity index is 742. The van der Waals surface area contributed by atoms with Crippen LogP contribution in [0.25, 0.3) is 0 Å². The molecule has 1 aromatic rings. The molecular formula is C15H18N2O5S. The molecule has 23 heavy (non-hydrogen) atoms. The molecule has 2 N–H and O–H groups in total. The number of carboxylic acid groups (broad SMARTS) is 1. The van der Waals surface area contributed by atoms with Crippen molar-refractivity contribution in [1.29, 1.82) is 0 Å². The van der Waals surface area contributed by atoms with Crippen LogP contribution in [0.5, 0.6) is 0 Å². The number of carboxylic acids is 1. The smallest absolute Gasteiger partial charge is 0.326 e. The number of nitrogens with one attached hydrogen (secondary N) is 1. The number of hydrogen-bond acceptors (Lipinski definition) is 4. The van der Waals surface area contributed by atoms with Gasteiger partial charge in [0.05, 0.1) is 4.90 Å². The number of aliphatic carboxylic acids is 1. The van der Waals surface area contributed by atoms with Crippen molar-refractivity contribution < 1.29 is 23.1 Å². The summed E-state index contributed by atoms with van der Waals surface area (Å²) >= 11 is 0. The second-order valence-corrected chi connectivity index (χ2v) is 7.63. The highest BCUT2D eigenvalue weighted by Gasteiger charge is 2.35. The zero-order valence-corrected chi connectivity index (χ0v) is 13.3. The van der Waals surface area contributed by atoms with Crippen LogP contribution in [-0.2, 0) is 14.8 Å². The van der Waals surface area contributed by atoms with E-state index in [-0.39, 0.29) is 16.5 Å². The lowest BCUT2D eigenvalue weighted by Crippen LogP contribution is -2.40. The first kappa shape index (κ1) is 15.9. The number of hydrogen-bond donors (Lipinski definition) is 2. The van der Waals surface area contributed by atoms with Gasteiger partial charge in [-0.05, 0) is 43.9 Å². The van der Waals surface area contributed by atoms with Gasteiger partial charge in [-0.15, -0.1) is 0 Å². The third kappa shape index (κ3) is 3.37. The highest BCUT2D eigenvalue weighted by Crippen LogP contribution is 2.24. The first-order valence-electron chi connectivity index (χ1n) is 7.54. The zero-order chi connectivity index (χ0) is 16.6. The highest BCUT2D eigenvalue weighted by atomic mass is 32.2. The van der Waals surface area contributed by atoms with E-state index in [9.17, 15) is 18.0 Å². The van der Waals surface area contributed by atoms with Crippen LogP contribution in [0.4, 0.5) is 0 Å². The Kier molecular flexibility index (Phi) is 4.11. The number of nitrogens with zero attached hydrogens (tertiary/aromatic N) is 1. The molecule has 124 valence electrons. The SMILES string of the molecule is O=C(O)[C@@H]1CCCN1C(=O)c1cccc(S(=O)(=O)NC2CC2)c1. The molecule has 0 unspecified atom stereocenters. The molecule has 0 aromatic heterocycles. The van der Waals surface area contributed by atoms with Gasteiger partial charge in [-0.2, -0.15) is 0 Å². The molecule has 0 spiro atoms. The summed E-state index contributed by atoms with van der Waals surface area (Å²) in [5, 5.41) is 9.17. The minimum Gasteiger partial charge on any atom is -0.480 e. The summed E-state index contributed by atoms with van der Waals surface area (Å²) in [7, 11) is -3.64. The summed E-state index contributed by atoms with van der Waals surface area (Å²) in [4.78, 5) is 25.0. The summed E-state index contributed by atoms with van der Waals surface area (Å²) in [6, 6.07) is 4.89. The van der Waals surface area contributed by atoms with Crippen molar-refractivity contribution in [2.75, 3.05) is 6.54 Å². The number of carbonyl (C=O) groups excluding carboxylic acids is 1. The molecule has 0 radical (unpaired) electrons. The van der Waals surface area contributed by atoms with Gasteiger partial charge in [0, 0.05) is 18.2 Å². The zero-order valence-electron chi connectivity index (χ0n) is 12.4. The monoisotopic (exact) mass is 338 g/mol. The first-order chi connectivity index (χ1) is 10.9. The standard InChI is InChI=1S/C15H18N2O5S/c18-14(17-8-2-5-13(17)15(19)20)10-3-1-4-12(9-10)23(21,22)16-11-6-7-11/h1,3-4,9,11,13,16H,2,5-8H2,(H,19,20)/t13-/m0/s1. The predicted molar refractivity (Wildman–Crippen MR) is 81.5 cm³/mol. The number of amides is 1. The van der Waals surface area contributed by atoms with Crippen molar-refractivity contribution in [3.63, 3.8) is 0 Å². The fraction of sp³-hybridized carbons (Fsp3) is 0.467. The van der Waals surface area contributed by atoms with Crippen molar-refractivity contribution in [3.8, 4) is 0 Å². The third-order valence-corrected chi connectivity index (χ3v) is 5.61. The molecule has 1 heterocycles. The van der Waals surface area contributed by atoms with Gasteiger partial charge in [-0.25, -0.2) is 17.9 Å². The van der Waals surface area contributed by atoms with E-state index in [1.807, 2.05) is 0 Å². The molecular weight excluding hydrogens is 320 g/mol. The number of benzene rings is 1. The van der Waals surface area contributed by atoms with Crippen LogP contribution < -0.4 is 4.72 Å².